The Hall–Kier alpha value is -2.98. The third-order valence-electron chi connectivity index (χ3n) is 5.46. The van der Waals surface area contributed by atoms with Crippen molar-refractivity contribution in [2.75, 3.05) is 55.9 Å². The highest BCUT2D eigenvalue weighted by Crippen LogP contribution is 2.26. The highest BCUT2D eigenvalue weighted by atomic mass is 32.2. The molecule has 2 saturated heterocycles. The number of nitrogens with zero attached hydrogens (tertiary/aromatic N) is 4. The van der Waals surface area contributed by atoms with Gasteiger partial charge in [-0.3, -0.25) is 10.00 Å². The fourth-order valence-electron chi connectivity index (χ4n) is 3.87. The number of aromatic amines is 1. The van der Waals surface area contributed by atoms with Gasteiger partial charge in [0, 0.05) is 49.7 Å². The largest absolute Gasteiger partial charge is 0.377 e. The average Bonchev–Trinajstić information content (AvgIpc) is 3.24. The monoisotopic (exact) mass is 472 g/mol. The van der Waals surface area contributed by atoms with Gasteiger partial charge in [0.2, 0.25) is 10.0 Å². The van der Waals surface area contributed by atoms with E-state index in [1.54, 1.807) is 12.3 Å². The first-order valence-corrected chi connectivity index (χ1v) is 12.6. The lowest BCUT2D eigenvalue weighted by molar-refractivity contribution is 0.0985. The van der Waals surface area contributed by atoms with Crippen molar-refractivity contribution in [3.63, 3.8) is 0 Å². The number of hydrogen-bond donors (Lipinski definition) is 4. The number of ether oxygens (including phenoxy) is 1. The fourth-order valence-corrected chi connectivity index (χ4v) is 4.63. The van der Waals surface area contributed by atoms with E-state index in [1.165, 1.54) is 12.5 Å². The van der Waals surface area contributed by atoms with Crippen LogP contribution in [0.5, 0.6) is 0 Å². The van der Waals surface area contributed by atoms with Crippen LogP contribution in [-0.2, 0) is 14.8 Å². The van der Waals surface area contributed by atoms with Crippen molar-refractivity contribution >= 4 is 33.7 Å². The summed E-state index contributed by atoms with van der Waals surface area (Å²) in [5.41, 5.74) is 1.27. The van der Waals surface area contributed by atoms with Crippen LogP contribution >= 0.6 is 0 Å². The molecule has 2 aromatic rings. The summed E-state index contributed by atoms with van der Waals surface area (Å²) in [6.07, 6.45) is 4.12. The van der Waals surface area contributed by atoms with Gasteiger partial charge in [0.15, 0.2) is 5.82 Å². The van der Waals surface area contributed by atoms with Gasteiger partial charge < -0.3 is 20.4 Å². The third kappa shape index (κ3) is 5.88. The molecule has 0 aliphatic carbocycles. The van der Waals surface area contributed by atoms with E-state index in [2.05, 4.69) is 48.8 Å². The minimum atomic E-state index is -3.20. The zero-order valence-corrected chi connectivity index (χ0v) is 19.4. The maximum Gasteiger partial charge on any atom is 0.209 e. The summed E-state index contributed by atoms with van der Waals surface area (Å²) in [6.45, 7) is 5.80. The Balaban J connectivity index is 1.56. The van der Waals surface area contributed by atoms with Gasteiger partial charge in [-0.1, -0.05) is 11.8 Å². The summed E-state index contributed by atoms with van der Waals surface area (Å²) in [6, 6.07) is 3.79. The molecule has 12 heteroatoms. The maximum atomic E-state index is 11.3. The second-order valence-electron chi connectivity index (χ2n) is 8.22. The van der Waals surface area contributed by atoms with Crippen molar-refractivity contribution in [1.29, 1.82) is 5.41 Å². The molecule has 2 aliphatic rings. The topological polar surface area (TPSA) is 139 Å². The molecule has 11 nitrogen and oxygen atoms in total. The van der Waals surface area contributed by atoms with Gasteiger partial charge in [-0.25, -0.2) is 18.1 Å². The molecule has 2 aliphatic heterocycles. The number of sulfonamides is 1. The summed E-state index contributed by atoms with van der Waals surface area (Å²) in [5.74, 6) is 8.23. The number of pyridine rings is 1. The van der Waals surface area contributed by atoms with E-state index in [9.17, 15) is 8.42 Å². The molecule has 4 N–H and O–H groups in total. The first-order valence-electron chi connectivity index (χ1n) is 10.7. The van der Waals surface area contributed by atoms with Crippen LogP contribution in [0.1, 0.15) is 18.1 Å². The Morgan fingerprint density at radius 3 is 2.91 bits per heavy atom. The van der Waals surface area contributed by atoms with E-state index in [0.29, 0.717) is 55.6 Å². The van der Waals surface area contributed by atoms with Crippen molar-refractivity contribution in [2.24, 2.45) is 0 Å². The molecule has 0 unspecified atom stereocenters. The highest BCUT2D eigenvalue weighted by Gasteiger charge is 2.28. The van der Waals surface area contributed by atoms with E-state index < -0.39 is 10.0 Å². The molecule has 4 heterocycles. The summed E-state index contributed by atoms with van der Waals surface area (Å²) in [7, 11) is -3.20. The molecule has 2 fully saturated rings. The lowest BCUT2D eigenvalue weighted by Gasteiger charge is -2.37. The van der Waals surface area contributed by atoms with Crippen LogP contribution in [0.15, 0.2) is 18.3 Å². The Morgan fingerprint density at radius 2 is 2.24 bits per heavy atom. The molecule has 4 rings (SSSR count). The highest BCUT2D eigenvalue weighted by molar-refractivity contribution is 7.88. The molecule has 0 radical (unpaired) electrons. The Kier molecular flexibility index (Phi) is 6.94. The normalized spacial score (nSPS) is 19.5. The molecule has 1 atom stereocenters. The summed E-state index contributed by atoms with van der Waals surface area (Å²) in [5, 5.41) is 18.1. The molecule has 0 saturated carbocycles. The zero-order valence-electron chi connectivity index (χ0n) is 18.6. The number of H-pyrrole nitrogens is 1. The molecule has 2 aromatic heterocycles. The van der Waals surface area contributed by atoms with Gasteiger partial charge in [-0.05, 0) is 13.0 Å². The first kappa shape index (κ1) is 23.2. The maximum absolute atomic E-state index is 11.3. The van der Waals surface area contributed by atoms with Crippen molar-refractivity contribution in [3.05, 3.63) is 29.5 Å². The first-order chi connectivity index (χ1) is 15.8. The molecule has 0 amide bonds. The molecular formula is C21H28N8O3S. The standard InChI is InChI=1S/C21H28N8O3S/c1-15-14-32-9-8-29(15)20-10-16(4-3-7-28-12-17(13-28)27-33(2,30)31)18(11-22)21(25-20)24-19-5-6-23-26-19/h5-6,10-11,15,17,22,27H,7-9,12-14H2,1-2H3,(H2,23,24,25,26)/t15-/m1/s1. The van der Waals surface area contributed by atoms with Crippen LogP contribution < -0.4 is 14.9 Å². The van der Waals surface area contributed by atoms with Crippen LogP contribution in [0.25, 0.3) is 0 Å². The van der Waals surface area contributed by atoms with Gasteiger partial charge >= 0.3 is 0 Å². The fraction of sp³-hybridized carbons (Fsp3) is 0.476. The van der Waals surface area contributed by atoms with Gasteiger partial charge in [-0.2, -0.15) is 5.10 Å². The minimum absolute atomic E-state index is 0.0704. The van der Waals surface area contributed by atoms with E-state index in [4.69, 9.17) is 15.1 Å². The number of anilines is 3. The number of nitrogens with one attached hydrogen (secondary N) is 4. The van der Waals surface area contributed by atoms with Crippen LogP contribution in [0.3, 0.4) is 0 Å². The third-order valence-corrected chi connectivity index (χ3v) is 6.22. The van der Waals surface area contributed by atoms with E-state index in [1.807, 2.05) is 6.07 Å². The van der Waals surface area contributed by atoms with Gasteiger partial charge in [0.1, 0.15) is 11.6 Å². The molecule has 0 bridgehead atoms. The molecule has 0 spiro atoms. The van der Waals surface area contributed by atoms with Crippen LogP contribution in [0, 0.1) is 17.3 Å². The predicted octanol–water partition coefficient (Wildman–Crippen LogP) is 0.356. The van der Waals surface area contributed by atoms with Crippen molar-refractivity contribution in [2.45, 2.75) is 19.0 Å². The molecule has 33 heavy (non-hydrogen) atoms. The number of morpholine rings is 1. The second kappa shape index (κ2) is 9.88. The van der Waals surface area contributed by atoms with Crippen LogP contribution in [0.2, 0.25) is 0 Å². The zero-order chi connectivity index (χ0) is 23.4. The van der Waals surface area contributed by atoms with Crippen molar-refractivity contribution < 1.29 is 13.2 Å². The van der Waals surface area contributed by atoms with Gasteiger partial charge in [0.25, 0.3) is 0 Å². The molecule has 0 aromatic carbocycles. The summed E-state index contributed by atoms with van der Waals surface area (Å²) >= 11 is 0. The van der Waals surface area contributed by atoms with Gasteiger partial charge in [0.05, 0.1) is 37.6 Å². The number of likely N-dealkylation sites (tertiary alicyclic amines) is 1. The number of rotatable bonds is 7. The lowest BCUT2D eigenvalue weighted by Crippen LogP contribution is -2.58. The van der Waals surface area contributed by atoms with Crippen molar-refractivity contribution in [1.82, 2.24) is 24.8 Å². The smallest absolute Gasteiger partial charge is 0.209 e. The Morgan fingerprint density at radius 1 is 1.42 bits per heavy atom. The molecule has 176 valence electrons. The lowest BCUT2D eigenvalue weighted by atomic mass is 10.1. The number of aromatic nitrogens is 3. The Labute approximate surface area is 193 Å². The molecular weight excluding hydrogens is 444 g/mol. The minimum Gasteiger partial charge on any atom is -0.377 e. The Bertz CT molecular complexity index is 1150. The SMILES string of the molecule is C[C@@H]1COCCN1c1cc(C#CCN2CC(NS(C)(=O)=O)C2)c(C=N)c(Nc2cc[nH]n2)n1. The van der Waals surface area contributed by atoms with E-state index in [-0.39, 0.29) is 12.1 Å². The quantitative estimate of drug-likeness (QED) is 0.335. The summed E-state index contributed by atoms with van der Waals surface area (Å²) in [4.78, 5) is 9.02. The van der Waals surface area contributed by atoms with E-state index in [0.717, 1.165) is 12.4 Å². The number of hydrogen-bond acceptors (Lipinski definition) is 9. The van der Waals surface area contributed by atoms with E-state index >= 15 is 0 Å². The summed E-state index contributed by atoms with van der Waals surface area (Å²) < 4.78 is 30.8. The second-order valence-corrected chi connectivity index (χ2v) is 10.00. The van der Waals surface area contributed by atoms with Gasteiger partial charge in [-0.15, -0.1) is 0 Å². The van der Waals surface area contributed by atoms with Crippen LogP contribution in [0.4, 0.5) is 17.5 Å². The van der Waals surface area contributed by atoms with Crippen LogP contribution in [-0.4, -0.2) is 92.4 Å². The average molecular weight is 473 g/mol. The predicted molar refractivity (Wildman–Crippen MR) is 127 cm³/mol. The van der Waals surface area contributed by atoms with Crippen molar-refractivity contribution in [3.8, 4) is 11.8 Å².